The zero-order valence-electron chi connectivity index (χ0n) is 10.1. The molecule has 1 heterocycles. The van der Waals surface area contributed by atoms with Gasteiger partial charge in [-0.1, -0.05) is 19.1 Å². The molecule has 0 aliphatic carbocycles. The van der Waals surface area contributed by atoms with E-state index in [9.17, 15) is 0 Å². The third-order valence-electron chi connectivity index (χ3n) is 2.17. The van der Waals surface area contributed by atoms with Crippen molar-refractivity contribution in [1.29, 1.82) is 0 Å². The molecule has 1 aromatic rings. The van der Waals surface area contributed by atoms with Gasteiger partial charge in [0.25, 0.3) is 0 Å². The summed E-state index contributed by atoms with van der Waals surface area (Å²) < 4.78 is 5.38. The maximum Gasteiger partial charge on any atom is 0.125 e. The molecule has 0 saturated carbocycles. The summed E-state index contributed by atoms with van der Waals surface area (Å²) in [6.07, 6.45) is 3.71. The summed E-state index contributed by atoms with van der Waals surface area (Å²) in [5.74, 6) is 0.834. The first kappa shape index (κ1) is 13.9. The molecule has 1 aromatic heterocycles. The lowest BCUT2D eigenvalue weighted by Gasteiger charge is -2.06. The van der Waals surface area contributed by atoms with Crippen molar-refractivity contribution in [2.75, 3.05) is 25.1 Å². The number of nitrogens with zero attached hydrogens (tertiary/aromatic N) is 1. The molecule has 0 radical (unpaired) electrons. The molecule has 17 heavy (non-hydrogen) atoms. The summed E-state index contributed by atoms with van der Waals surface area (Å²) in [4.78, 5) is 4.59. The highest BCUT2D eigenvalue weighted by atomic mass is 32.1. The van der Waals surface area contributed by atoms with Crippen molar-refractivity contribution in [3.63, 3.8) is 0 Å². The highest BCUT2D eigenvalue weighted by Gasteiger charge is 1.97. The van der Waals surface area contributed by atoms with E-state index in [1.54, 1.807) is 6.20 Å². The summed E-state index contributed by atoms with van der Waals surface area (Å²) in [6.45, 7) is 4.57. The van der Waals surface area contributed by atoms with Crippen LogP contribution in [0.2, 0.25) is 0 Å². The van der Waals surface area contributed by atoms with Crippen LogP contribution in [0.3, 0.4) is 0 Å². The Labute approximate surface area is 108 Å². The number of hydrogen-bond acceptors (Lipinski definition) is 4. The minimum absolute atomic E-state index is 0.372. The van der Waals surface area contributed by atoms with E-state index in [4.69, 9.17) is 22.7 Å². The number of nitrogens with two attached hydrogens (primary N) is 1. The Balaban J connectivity index is 2.21. The third kappa shape index (κ3) is 5.60. The van der Waals surface area contributed by atoms with Gasteiger partial charge < -0.3 is 15.8 Å². The minimum Gasteiger partial charge on any atom is -0.389 e. The average molecular weight is 253 g/mol. The van der Waals surface area contributed by atoms with Crippen LogP contribution >= 0.6 is 12.2 Å². The first-order valence-electron chi connectivity index (χ1n) is 5.81. The van der Waals surface area contributed by atoms with E-state index in [1.165, 1.54) is 0 Å². The molecule has 0 saturated heterocycles. The van der Waals surface area contributed by atoms with Gasteiger partial charge in [-0.3, -0.25) is 0 Å². The molecular formula is C12H19N3OS. The van der Waals surface area contributed by atoms with Crippen LogP contribution in [0.1, 0.15) is 25.3 Å². The fourth-order valence-electron chi connectivity index (χ4n) is 1.28. The number of anilines is 1. The monoisotopic (exact) mass is 253 g/mol. The number of rotatable bonds is 8. The highest BCUT2D eigenvalue weighted by molar-refractivity contribution is 7.80. The fraction of sp³-hybridized carbons (Fsp3) is 0.500. The molecule has 0 aliphatic rings. The topological polar surface area (TPSA) is 60.2 Å². The predicted molar refractivity (Wildman–Crippen MR) is 74.3 cm³/mol. The van der Waals surface area contributed by atoms with Gasteiger partial charge in [0, 0.05) is 31.5 Å². The van der Waals surface area contributed by atoms with Gasteiger partial charge in [-0.25, -0.2) is 4.98 Å². The normalized spacial score (nSPS) is 10.2. The SMILES string of the molecule is CCCOCCCNc1ccc(C(N)=S)cn1. The number of pyridine rings is 1. The lowest BCUT2D eigenvalue weighted by atomic mass is 10.3. The van der Waals surface area contributed by atoms with Gasteiger partial charge in [0.2, 0.25) is 0 Å². The van der Waals surface area contributed by atoms with Gasteiger partial charge in [-0.2, -0.15) is 0 Å². The lowest BCUT2D eigenvalue weighted by Crippen LogP contribution is -2.11. The first-order valence-corrected chi connectivity index (χ1v) is 6.22. The van der Waals surface area contributed by atoms with Crippen LogP contribution in [0.4, 0.5) is 5.82 Å². The fourth-order valence-corrected chi connectivity index (χ4v) is 1.40. The van der Waals surface area contributed by atoms with Crippen molar-refractivity contribution in [3.8, 4) is 0 Å². The van der Waals surface area contributed by atoms with Crippen LogP contribution in [0.25, 0.3) is 0 Å². The summed E-state index contributed by atoms with van der Waals surface area (Å²) >= 11 is 4.85. The second kappa shape index (κ2) is 7.97. The van der Waals surface area contributed by atoms with Crippen LogP contribution in [0.15, 0.2) is 18.3 Å². The van der Waals surface area contributed by atoms with Crippen LogP contribution in [0, 0.1) is 0 Å². The maximum absolute atomic E-state index is 5.49. The van der Waals surface area contributed by atoms with Crippen molar-refractivity contribution in [1.82, 2.24) is 4.98 Å². The Kier molecular flexibility index (Phi) is 6.50. The number of thiocarbonyl (C=S) groups is 1. The van der Waals surface area contributed by atoms with E-state index >= 15 is 0 Å². The van der Waals surface area contributed by atoms with Crippen LogP contribution in [-0.2, 0) is 4.74 Å². The molecular weight excluding hydrogens is 234 g/mol. The quantitative estimate of drug-likeness (QED) is 0.548. The molecule has 0 aromatic carbocycles. The summed E-state index contributed by atoms with van der Waals surface area (Å²) in [6, 6.07) is 3.74. The molecule has 5 heteroatoms. The Morgan fingerprint density at radius 1 is 1.47 bits per heavy atom. The molecule has 0 fully saturated rings. The molecule has 4 nitrogen and oxygen atoms in total. The van der Waals surface area contributed by atoms with Crippen LogP contribution < -0.4 is 11.1 Å². The first-order chi connectivity index (χ1) is 8.24. The Morgan fingerprint density at radius 3 is 2.88 bits per heavy atom. The predicted octanol–water partition coefficient (Wildman–Crippen LogP) is 1.94. The summed E-state index contributed by atoms with van der Waals surface area (Å²) in [5, 5.41) is 3.21. The Morgan fingerprint density at radius 2 is 2.29 bits per heavy atom. The molecule has 3 N–H and O–H groups in total. The Bertz CT molecular complexity index is 340. The largest absolute Gasteiger partial charge is 0.389 e. The van der Waals surface area contributed by atoms with Gasteiger partial charge in [0.05, 0.1) is 0 Å². The highest BCUT2D eigenvalue weighted by Crippen LogP contribution is 2.04. The average Bonchev–Trinajstić information content (AvgIpc) is 2.34. The lowest BCUT2D eigenvalue weighted by molar-refractivity contribution is 0.134. The maximum atomic E-state index is 5.49. The smallest absolute Gasteiger partial charge is 0.125 e. The van der Waals surface area contributed by atoms with E-state index in [0.717, 1.165) is 44.0 Å². The second-order valence-corrected chi connectivity index (χ2v) is 4.13. The van der Waals surface area contributed by atoms with Crippen molar-refractivity contribution < 1.29 is 4.74 Å². The summed E-state index contributed by atoms with van der Waals surface area (Å²) in [7, 11) is 0. The standard InChI is InChI=1S/C12H19N3OS/c1-2-7-16-8-3-6-14-11-5-4-10(9-15-11)12(13)17/h4-5,9H,2-3,6-8H2,1H3,(H2,13,17)(H,14,15). The number of hydrogen-bond donors (Lipinski definition) is 2. The van der Waals surface area contributed by atoms with Crippen LogP contribution in [-0.4, -0.2) is 29.7 Å². The molecule has 0 amide bonds. The minimum atomic E-state index is 0.372. The zero-order chi connectivity index (χ0) is 12.5. The molecule has 0 spiro atoms. The number of aromatic nitrogens is 1. The van der Waals surface area contributed by atoms with E-state index in [0.29, 0.717) is 4.99 Å². The molecule has 0 bridgehead atoms. The molecule has 1 rings (SSSR count). The van der Waals surface area contributed by atoms with E-state index in [2.05, 4.69) is 17.2 Å². The van der Waals surface area contributed by atoms with E-state index in [1.807, 2.05) is 12.1 Å². The number of nitrogens with one attached hydrogen (secondary N) is 1. The third-order valence-corrected chi connectivity index (χ3v) is 2.40. The molecule has 0 unspecified atom stereocenters. The van der Waals surface area contributed by atoms with Crippen molar-refractivity contribution in [2.45, 2.75) is 19.8 Å². The molecule has 94 valence electrons. The molecule has 0 atom stereocenters. The molecule has 0 aliphatic heterocycles. The van der Waals surface area contributed by atoms with E-state index < -0.39 is 0 Å². The number of ether oxygens (including phenoxy) is 1. The van der Waals surface area contributed by atoms with E-state index in [-0.39, 0.29) is 0 Å². The van der Waals surface area contributed by atoms with Crippen molar-refractivity contribution >= 4 is 23.0 Å². The zero-order valence-corrected chi connectivity index (χ0v) is 10.9. The Hall–Kier alpha value is -1.20. The summed E-state index contributed by atoms with van der Waals surface area (Å²) in [5.41, 5.74) is 6.28. The van der Waals surface area contributed by atoms with Gasteiger partial charge >= 0.3 is 0 Å². The van der Waals surface area contributed by atoms with Gasteiger partial charge in [0.15, 0.2) is 0 Å². The van der Waals surface area contributed by atoms with Crippen molar-refractivity contribution in [3.05, 3.63) is 23.9 Å². The van der Waals surface area contributed by atoms with Gasteiger partial charge in [-0.05, 0) is 25.0 Å². The second-order valence-electron chi connectivity index (χ2n) is 3.69. The van der Waals surface area contributed by atoms with Crippen LogP contribution in [0.5, 0.6) is 0 Å². The van der Waals surface area contributed by atoms with Crippen molar-refractivity contribution in [2.24, 2.45) is 5.73 Å². The van der Waals surface area contributed by atoms with Gasteiger partial charge in [-0.15, -0.1) is 0 Å². The van der Waals surface area contributed by atoms with Gasteiger partial charge in [0.1, 0.15) is 10.8 Å².